The molecular weight excluding hydrogens is 376 g/mol. The lowest BCUT2D eigenvalue weighted by Gasteiger charge is -2.41. The smallest absolute Gasteiger partial charge is 0.192 e. The molecule has 4 heteroatoms. The number of ether oxygens (including phenoxy) is 1. The molecule has 0 heterocycles. The molecule has 1 rings (SSSR count). The third kappa shape index (κ3) is 9.78. The summed E-state index contributed by atoms with van der Waals surface area (Å²) in [6.45, 7) is 20.0. The Morgan fingerprint density at radius 2 is 1.59 bits per heavy atom. The van der Waals surface area contributed by atoms with Crippen molar-refractivity contribution >= 4 is 8.32 Å². The van der Waals surface area contributed by atoms with Crippen molar-refractivity contribution in [1.29, 1.82) is 0 Å². The van der Waals surface area contributed by atoms with Gasteiger partial charge in [-0.25, -0.2) is 0 Å². The van der Waals surface area contributed by atoms with Crippen LogP contribution in [-0.2, 0) is 15.8 Å². The second kappa shape index (κ2) is 12.2. The lowest BCUT2D eigenvalue weighted by molar-refractivity contribution is 0.0484. The molecule has 1 aromatic carbocycles. The van der Waals surface area contributed by atoms with Crippen LogP contribution in [0.2, 0.25) is 18.1 Å². The lowest BCUT2D eigenvalue weighted by Crippen LogP contribution is -2.46. The van der Waals surface area contributed by atoms with E-state index in [0.717, 1.165) is 25.9 Å². The molecule has 0 aromatic heterocycles. The van der Waals surface area contributed by atoms with Crippen molar-refractivity contribution in [1.82, 2.24) is 0 Å². The Balaban J connectivity index is 2.69. The van der Waals surface area contributed by atoms with E-state index in [1.807, 2.05) is 6.07 Å². The number of rotatable bonds is 13. The highest BCUT2D eigenvalue weighted by molar-refractivity contribution is 6.74. The van der Waals surface area contributed by atoms with Crippen LogP contribution in [0.25, 0.3) is 0 Å². The summed E-state index contributed by atoms with van der Waals surface area (Å²) >= 11 is 0. The Bertz CT molecular complexity index is 553. The monoisotopic (exact) mass is 422 g/mol. The summed E-state index contributed by atoms with van der Waals surface area (Å²) < 4.78 is 12.8. The van der Waals surface area contributed by atoms with Gasteiger partial charge in [-0.05, 0) is 60.7 Å². The molecule has 1 N–H and O–H groups in total. The molecular formula is C25H46O3Si. The van der Waals surface area contributed by atoms with Crippen LogP contribution < -0.4 is 0 Å². The van der Waals surface area contributed by atoms with Gasteiger partial charge in [-0.3, -0.25) is 0 Å². The lowest BCUT2D eigenvalue weighted by atomic mass is 9.87. The predicted molar refractivity (Wildman–Crippen MR) is 127 cm³/mol. The fourth-order valence-corrected chi connectivity index (χ4v) is 5.08. The zero-order valence-corrected chi connectivity index (χ0v) is 21.2. The van der Waals surface area contributed by atoms with Crippen LogP contribution in [0.1, 0.15) is 66.4 Å². The Morgan fingerprint density at radius 1 is 0.966 bits per heavy atom. The van der Waals surface area contributed by atoms with E-state index < -0.39 is 8.32 Å². The SMILES string of the molecule is C[C@@H](CO)C[C@H](C)C[C@H](C)[C@H](CCOCc1ccccc1)O[Si](C)(C)C(C)(C)C. The van der Waals surface area contributed by atoms with E-state index in [1.165, 1.54) is 5.56 Å². The van der Waals surface area contributed by atoms with Crippen LogP contribution in [0.3, 0.4) is 0 Å². The summed E-state index contributed by atoms with van der Waals surface area (Å²) in [5.41, 5.74) is 1.22. The quantitative estimate of drug-likeness (QED) is 0.285. The minimum atomic E-state index is -1.84. The highest BCUT2D eigenvalue weighted by atomic mass is 28.4. The maximum atomic E-state index is 9.37. The normalized spacial score (nSPS) is 17.0. The van der Waals surface area contributed by atoms with Gasteiger partial charge in [-0.2, -0.15) is 0 Å². The van der Waals surface area contributed by atoms with Gasteiger partial charge >= 0.3 is 0 Å². The van der Waals surface area contributed by atoms with Gasteiger partial charge in [0.25, 0.3) is 0 Å². The van der Waals surface area contributed by atoms with Gasteiger partial charge in [0.05, 0.1) is 6.61 Å². The summed E-state index contributed by atoms with van der Waals surface area (Å²) in [6.07, 6.45) is 3.35. The largest absolute Gasteiger partial charge is 0.414 e. The average Bonchev–Trinajstić information content (AvgIpc) is 2.63. The van der Waals surface area contributed by atoms with Crippen LogP contribution in [0.5, 0.6) is 0 Å². The maximum absolute atomic E-state index is 9.37. The van der Waals surface area contributed by atoms with Crippen LogP contribution in [0, 0.1) is 17.8 Å². The van der Waals surface area contributed by atoms with Gasteiger partial charge in [0.15, 0.2) is 8.32 Å². The summed E-state index contributed by atoms with van der Waals surface area (Å²) in [6, 6.07) is 10.4. The molecule has 0 saturated heterocycles. The number of benzene rings is 1. The van der Waals surface area contributed by atoms with Crippen molar-refractivity contribution in [2.75, 3.05) is 13.2 Å². The molecule has 0 spiro atoms. The van der Waals surface area contributed by atoms with Crippen LogP contribution in [-0.4, -0.2) is 32.7 Å². The molecule has 1 aromatic rings. The van der Waals surface area contributed by atoms with Gasteiger partial charge < -0.3 is 14.3 Å². The van der Waals surface area contributed by atoms with Gasteiger partial charge in [0.2, 0.25) is 0 Å². The molecule has 3 nitrogen and oxygen atoms in total. The molecule has 0 bridgehead atoms. The second-order valence-corrected chi connectivity index (χ2v) is 15.3. The van der Waals surface area contributed by atoms with Crippen LogP contribution in [0.4, 0.5) is 0 Å². The molecule has 0 aliphatic carbocycles. The number of hydrogen-bond acceptors (Lipinski definition) is 3. The number of hydrogen-bond donors (Lipinski definition) is 1. The highest BCUT2D eigenvalue weighted by Gasteiger charge is 2.40. The number of aliphatic hydroxyl groups is 1. The number of aliphatic hydroxyl groups excluding tert-OH is 1. The van der Waals surface area contributed by atoms with E-state index in [0.29, 0.717) is 24.4 Å². The topological polar surface area (TPSA) is 38.7 Å². The Kier molecular flexibility index (Phi) is 11.1. The van der Waals surface area contributed by atoms with Crippen LogP contribution >= 0.6 is 0 Å². The standard InChI is InChI=1S/C25H46O3Si/c1-20(16-21(2)18-26)17-22(3)24(28-29(7,8)25(4,5)6)14-15-27-19-23-12-10-9-11-13-23/h9-13,20-22,24,26H,14-19H2,1-8H3/t20-,21+,22-,24-/m0/s1. The van der Waals surface area contributed by atoms with E-state index in [-0.39, 0.29) is 17.7 Å². The zero-order chi connectivity index (χ0) is 22.1. The first-order valence-electron chi connectivity index (χ1n) is 11.4. The van der Waals surface area contributed by atoms with Crippen molar-refractivity contribution in [3.05, 3.63) is 35.9 Å². The van der Waals surface area contributed by atoms with Crippen molar-refractivity contribution in [3.8, 4) is 0 Å². The molecule has 0 radical (unpaired) electrons. The van der Waals surface area contributed by atoms with Gasteiger partial charge in [0.1, 0.15) is 0 Å². The van der Waals surface area contributed by atoms with Gasteiger partial charge in [-0.1, -0.05) is 71.9 Å². The summed E-state index contributed by atoms with van der Waals surface area (Å²) in [4.78, 5) is 0. The Morgan fingerprint density at radius 3 is 2.14 bits per heavy atom. The molecule has 0 aliphatic rings. The van der Waals surface area contributed by atoms with Gasteiger partial charge in [0, 0.05) is 19.3 Å². The fourth-order valence-electron chi connectivity index (χ4n) is 3.62. The van der Waals surface area contributed by atoms with E-state index >= 15 is 0 Å². The molecule has 29 heavy (non-hydrogen) atoms. The van der Waals surface area contributed by atoms with Crippen molar-refractivity contribution in [2.24, 2.45) is 17.8 Å². The summed E-state index contributed by atoms with van der Waals surface area (Å²) in [7, 11) is -1.84. The first-order chi connectivity index (χ1) is 13.5. The third-order valence-electron chi connectivity index (χ3n) is 6.44. The van der Waals surface area contributed by atoms with Crippen molar-refractivity contribution in [2.45, 2.75) is 91.6 Å². The zero-order valence-electron chi connectivity index (χ0n) is 20.2. The van der Waals surface area contributed by atoms with Crippen LogP contribution in [0.15, 0.2) is 30.3 Å². The van der Waals surface area contributed by atoms with Gasteiger partial charge in [-0.15, -0.1) is 0 Å². The summed E-state index contributed by atoms with van der Waals surface area (Å²) in [5.74, 6) is 1.43. The summed E-state index contributed by atoms with van der Waals surface area (Å²) in [5, 5.41) is 9.57. The third-order valence-corrected chi connectivity index (χ3v) is 10.9. The molecule has 168 valence electrons. The molecule has 0 saturated carbocycles. The average molecular weight is 423 g/mol. The predicted octanol–water partition coefficient (Wildman–Crippen LogP) is 6.66. The first-order valence-corrected chi connectivity index (χ1v) is 14.3. The molecule has 0 fully saturated rings. The highest BCUT2D eigenvalue weighted by Crippen LogP contribution is 2.39. The fraction of sp³-hybridized carbons (Fsp3) is 0.760. The minimum Gasteiger partial charge on any atom is -0.414 e. The second-order valence-electron chi connectivity index (χ2n) is 10.6. The molecule has 4 atom stereocenters. The van der Waals surface area contributed by atoms with Crippen molar-refractivity contribution < 1.29 is 14.3 Å². The molecule has 0 aliphatic heterocycles. The van der Waals surface area contributed by atoms with E-state index in [1.54, 1.807) is 0 Å². The van der Waals surface area contributed by atoms with E-state index in [2.05, 4.69) is 78.9 Å². The van der Waals surface area contributed by atoms with E-state index in [4.69, 9.17) is 9.16 Å². The minimum absolute atomic E-state index is 0.201. The Labute approximate surface area is 181 Å². The van der Waals surface area contributed by atoms with Crippen molar-refractivity contribution in [3.63, 3.8) is 0 Å². The first kappa shape index (κ1) is 26.4. The maximum Gasteiger partial charge on any atom is 0.192 e. The van der Waals surface area contributed by atoms with E-state index in [9.17, 15) is 5.11 Å². The molecule has 0 amide bonds. The Hall–Kier alpha value is -0.683. The molecule has 0 unspecified atom stereocenters.